The lowest BCUT2D eigenvalue weighted by molar-refractivity contribution is -0.385. The maximum Gasteiger partial charge on any atom is 0.573 e. The fourth-order valence-electron chi connectivity index (χ4n) is 5.30. The van der Waals surface area contributed by atoms with Crippen LogP contribution in [0.15, 0.2) is 48.5 Å². The molecule has 1 aliphatic heterocycles. The van der Waals surface area contributed by atoms with Crippen molar-refractivity contribution in [1.29, 1.82) is 0 Å². The van der Waals surface area contributed by atoms with Gasteiger partial charge in [0.25, 0.3) is 11.6 Å². The van der Waals surface area contributed by atoms with Crippen molar-refractivity contribution in [2.45, 2.75) is 58.1 Å². The average Bonchev–Trinajstić information content (AvgIpc) is 3.32. The molecule has 3 N–H and O–H groups in total. The number of non-ortho nitro benzene ring substituents is 1. The van der Waals surface area contributed by atoms with Crippen molar-refractivity contribution in [3.8, 4) is 5.75 Å². The standard InChI is InChI=1S/C31H30F4N4O7/c1-16(4-9-27(40)41)22-7-5-18(10-17(22)2)28(37-25-13-23-19(12-24(25)32)14-36-29(23)42)30(43)38(3)15-20-11-21(39(44)45)6-8-26(20)46-31(33,34)35/h5-8,10-13,16,28,37H,4,9,14-15H2,1-3H3,(H,36,42)(H,40,41)/t16-,28?/m0/s1. The van der Waals surface area contributed by atoms with Crippen molar-refractivity contribution >= 4 is 29.2 Å². The highest BCUT2D eigenvalue weighted by molar-refractivity contribution is 5.99. The summed E-state index contributed by atoms with van der Waals surface area (Å²) in [5.41, 5.74) is 1.46. The molecule has 11 nitrogen and oxygen atoms in total. The minimum Gasteiger partial charge on any atom is -0.481 e. The summed E-state index contributed by atoms with van der Waals surface area (Å²) in [6, 6.07) is 8.52. The van der Waals surface area contributed by atoms with Gasteiger partial charge >= 0.3 is 12.3 Å². The second kappa shape index (κ2) is 13.4. The number of carboxylic acids is 1. The maximum absolute atomic E-state index is 15.2. The number of amides is 2. The number of carboxylic acid groups (broad SMARTS) is 1. The zero-order valence-electron chi connectivity index (χ0n) is 24.9. The summed E-state index contributed by atoms with van der Waals surface area (Å²) in [6.45, 7) is 3.18. The second-order valence-electron chi connectivity index (χ2n) is 11.0. The first-order chi connectivity index (χ1) is 21.5. The summed E-state index contributed by atoms with van der Waals surface area (Å²) in [5, 5.41) is 25.8. The van der Waals surface area contributed by atoms with Gasteiger partial charge in [-0.05, 0) is 59.7 Å². The number of nitrogens with zero attached hydrogens (tertiary/aromatic N) is 2. The molecule has 0 saturated carbocycles. The molecule has 0 bridgehead atoms. The zero-order chi connectivity index (χ0) is 33.9. The Hall–Kier alpha value is -5.21. The molecule has 0 radical (unpaired) electrons. The number of nitrogens with one attached hydrogen (secondary N) is 2. The highest BCUT2D eigenvalue weighted by atomic mass is 19.4. The Balaban J connectivity index is 1.72. The van der Waals surface area contributed by atoms with Gasteiger partial charge in [0.15, 0.2) is 0 Å². The van der Waals surface area contributed by atoms with Crippen LogP contribution in [0.2, 0.25) is 0 Å². The molecule has 0 saturated heterocycles. The molecule has 0 aliphatic carbocycles. The number of alkyl halides is 3. The van der Waals surface area contributed by atoms with Crippen LogP contribution in [-0.4, -0.2) is 46.1 Å². The van der Waals surface area contributed by atoms with Crippen molar-refractivity contribution < 1.29 is 46.7 Å². The number of hydrogen-bond donors (Lipinski definition) is 3. The zero-order valence-corrected chi connectivity index (χ0v) is 24.9. The number of hydrogen-bond acceptors (Lipinski definition) is 7. The van der Waals surface area contributed by atoms with Crippen molar-refractivity contribution in [2.24, 2.45) is 0 Å². The number of halogens is 4. The van der Waals surface area contributed by atoms with E-state index >= 15 is 4.39 Å². The number of likely N-dealkylation sites (N-methyl/N-ethyl adjacent to an activating group) is 1. The smallest absolute Gasteiger partial charge is 0.481 e. The number of anilines is 1. The second-order valence-corrected chi connectivity index (χ2v) is 11.0. The molecule has 1 heterocycles. The number of fused-ring (bicyclic) bond motifs is 1. The van der Waals surface area contributed by atoms with E-state index in [9.17, 15) is 37.7 Å². The van der Waals surface area contributed by atoms with E-state index in [1.54, 1.807) is 25.1 Å². The summed E-state index contributed by atoms with van der Waals surface area (Å²) >= 11 is 0. The van der Waals surface area contributed by atoms with Crippen LogP contribution in [0.1, 0.15) is 69.9 Å². The van der Waals surface area contributed by atoms with E-state index in [4.69, 9.17) is 5.11 Å². The van der Waals surface area contributed by atoms with Gasteiger partial charge in [-0.1, -0.05) is 25.1 Å². The highest BCUT2D eigenvalue weighted by Gasteiger charge is 2.34. The van der Waals surface area contributed by atoms with Crippen molar-refractivity contribution in [3.05, 3.63) is 97.8 Å². The number of aliphatic carboxylic acids is 1. The maximum atomic E-state index is 15.2. The predicted octanol–water partition coefficient (Wildman–Crippen LogP) is 5.96. The molecule has 0 spiro atoms. The Morgan fingerprint density at radius 3 is 2.52 bits per heavy atom. The van der Waals surface area contributed by atoms with Gasteiger partial charge in [-0.25, -0.2) is 4.39 Å². The first kappa shape index (κ1) is 33.7. The van der Waals surface area contributed by atoms with Gasteiger partial charge in [0.2, 0.25) is 5.91 Å². The molecule has 46 heavy (non-hydrogen) atoms. The van der Waals surface area contributed by atoms with Crippen LogP contribution in [0, 0.1) is 22.9 Å². The van der Waals surface area contributed by atoms with Gasteiger partial charge in [0.05, 0.1) is 10.6 Å². The molecule has 244 valence electrons. The monoisotopic (exact) mass is 646 g/mol. The van der Waals surface area contributed by atoms with Crippen molar-refractivity contribution in [1.82, 2.24) is 10.2 Å². The largest absolute Gasteiger partial charge is 0.573 e. The molecule has 0 fully saturated rings. The molecule has 1 unspecified atom stereocenters. The normalized spacial score (nSPS) is 13.8. The molecule has 2 amide bonds. The first-order valence-electron chi connectivity index (χ1n) is 14.0. The van der Waals surface area contributed by atoms with Crippen LogP contribution in [0.25, 0.3) is 0 Å². The third-order valence-electron chi connectivity index (χ3n) is 7.64. The van der Waals surface area contributed by atoms with Gasteiger partial charge in [-0.15, -0.1) is 13.2 Å². The Bertz CT molecular complexity index is 1700. The van der Waals surface area contributed by atoms with E-state index in [1.165, 1.54) is 13.1 Å². The molecule has 3 aromatic carbocycles. The third kappa shape index (κ3) is 7.89. The highest BCUT2D eigenvalue weighted by Crippen LogP contribution is 2.34. The van der Waals surface area contributed by atoms with Crippen LogP contribution < -0.4 is 15.4 Å². The van der Waals surface area contributed by atoms with Gasteiger partial charge in [-0.3, -0.25) is 24.5 Å². The van der Waals surface area contributed by atoms with Crippen LogP contribution in [0.3, 0.4) is 0 Å². The number of aryl methyl sites for hydroxylation is 1. The van der Waals surface area contributed by atoms with Crippen LogP contribution in [0.5, 0.6) is 5.75 Å². The van der Waals surface area contributed by atoms with E-state index in [2.05, 4.69) is 15.4 Å². The Labute approximate surface area is 260 Å². The molecule has 15 heteroatoms. The summed E-state index contributed by atoms with van der Waals surface area (Å²) in [7, 11) is 1.26. The quantitative estimate of drug-likeness (QED) is 0.124. The number of rotatable bonds is 12. The van der Waals surface area contributed by atoms with E-state index < -0.39 is 58.9 Å². The average molecular weight is 647 g/mol. The number of benzene rings is 3. The molecule has 4 rings (SSSR count). The fourth-order valence-corrected chi connectivity index (χ4v) is 5.30. The molecule has 1 aliphatic rings. The van der Waals surface area contributed by atoms with Gasteiger partial charge < -0.3 is 25.4 Å². The SMILES string of the molecule is Cc1cc(C(Nc2cc3c(cc2F)CNC3=O)C(=O)N(C)Cc2cc([N+](=O)[O-])ccc2OC(F)(F)F)ccc1[C@@H](C)CCC(=O)O. The fraction of sp³-hybridized carbons (Fsp3) is 0.323. The lowest BCUT2D eigenvalue weighted by atomic mass is 9.90. The van der Waals surface area contributed by atoms with Crippen LogP contribution in [0.4, 0.5) is 28.9 Å². The van der Waals surface area contributed by atoms with Crippen LogP contribution in [-0.2, 0) is 22.7 Å². The first-order valence-corrected chi connectivity index (χ1v) is 14.0. The summed E-state index contributed by atoms with van der Waals surface area (Å²) < 4.78 is 58.6. The topological polar surface area (TPSA) is 151 Å². The van der Waals surface area contributed by atoms with Crippen molar-refractivity contribution in [2.75, 3.05) is 12.4 Å². The van der Waals surface area contributed by atoms with E-state index in [-0.39, 0.29) is 35.7 Å². The van der Waals surface area contributed by atoms with Gasteiger partial charge in [-0.2, -0.15) is 0 Å². The summed E-state index contributed by atoms with van der Waals surface area (Å²) in [6.07, 6.45) is -4.82. The Morgan fingerprint density at radius 2 is 1.89 bits per heavy atom. The van der Waals surface area contributed by atoms with E-state index in [1.807, 2.05) is 6.92 Å². The number of carbonyl (C=O) groups is 3. The minimum atomic E-state index is -5.12. The third-order valence-corrected chi connectivity index (χ3v) is 7.64. The molecule has 0 aromatic heterocycles. The molecule has 2 atom stereocenters. The van der Waals surface area contributed by atoms with Crippen molar-refractivity contribution in [3.63, 3.8) is 0 Å². The van der Waals surface area contributed by atoms with E-state index in [0.717, 1.165) is 34.7 Å². The molecular weight excluding hydrogens is 616 g/mol. The molecular formula is C31H30F4N4O7. The lowest BCUT2D eigenvalue weighted by Crippen LogP contribution is -2.35. The van der Waals surface area contributed by atoms with Gasteiger partial charge in [0.1, 0.15) is 17.6 Å². The lowest BCUT2D eigenvalue weighted by Gasteiger charge is -2.27. The number of carbonyl (C=O) groups excluding carboxylic acids is 2. The van der Waals surface area contributed by atoms with Crippen LogP contribution >= 0.6 is 0 Å². The predicted molar refractivity (Wildman–Crippen MR) is 157 cm³/mol. The molecule has 3 aromatic rings. The summed E-state index contributed by atoms with van der Waals surface area (Å²) in [5.74, 6) is -3.78. The minimum absolute atomic E-state index is 0.0569. The number of ether oxygens (including phenoxy) is 1. The Morgan fingerprint density at radius 1 is 1.17 bits per heavy atom. The Kier molecular flexibility index (Phi) is 9.83. The summed E-state index contributed by atoms with van der Waals surface area (Å²) in [4.78, 5) is 48.9. The number of nitro benzene ring substituents is 1. The van der Waals surface area contributed by atoms with Gasteiger partial charge in [0, 0.05) is 49.8 Å². The van der Waals surface area contributed by atoms with E-state index in [0.29, 0.717) is 23.1 Å². The number of nitro groups is 1.